The van der Waals surface area contributed by atoms with Gasteiger partial charge in [-0.15, -0.1) is 0 Å². The molecule has 0 aromatic rings. The molecule has 0 aromatic heterocycles. The van der Waals surface area contributed by atoms with Crippen molar-refractivity contribution in [1.29, 1.82) is 0 Å². The van der Waals surface area contributed by atoms with Crippen molar-refractivity contribution in [2.45, 2.75) is 373 Å². The second-order valence-corrected chi connectivity index (χ2v) is 21.8. The molecule has 0 radical (unpaired) electrons. The first-order valence-electron chi connectivity index (χ1n) is 31.3. The molecule has 0 fully saturated rings. The van der Waals surface area contributed by atoms with Crippen LogP contribution in [0, 0.1) is 0 Å². The summed E-state index contributed by atoms with van der Waals surface area (Å²) in [6.07, 6.45) is 68.2. The summed E-state index contributed by atoms with van der Waals surface area (Å²) in [5, 5.41) is 23.3. The SMILES string of the molecule is CCCCCCCCCCCCCCCCCCCC(O)C(CO)NC(=O)CCCCCCCCCCCCCCCCCCCCCOC(=O)CCCCCCCCCCCCCCCCC. The third-order valence-corrected chi connectivity index (χ3v) is 14.9. The van der Waals surface area contributed by atoms with Gasteiger partial charge in [0.25, 0.3) is 0 Å². The second kappa shape index (κ2) is 58.4. The maximum atomic E-state index is 12.5. The predicted octanol–water partition coefficient (Wildman–Crippen LogP) is 19.5. The Kier molecular flexibility index (Phi) is 57.5. The first-order chi connectivity index (χ1) is 33.5. The summed E-state index contributed by atoms with van der Waals surface area (Å²) >= 11 is 0. The number of nitrogens with one attached hydrogen (secondary N) is 1. The lowest BCUT2D eigenvalue weighted by molar-refractivity contribution is -0.143. The second-order valence-electron chi connectivity index (χ2n) is 21.8. The molecule has 0 aromatic carbocycles. The summed E-state index contributed by atoms with van der Waals surface area (Å²) in [7, 11) is 0. The van der Waals surface area contributed by atoms with Crippen LogP contribution in [0.3, 0.4) is 0 Å². The van der Waals surface area contributed by atoms with Gasteiger partial charge in [0.05, 0.1) is 25.4 Å². The average Bonchev–Trinajstić information content (AvgIpc) is 3.34. The van der Waals surface area contributed by atoms with E-state index in [0.29, 0.717) is 25.9 Å². The molecule has 0 rings (SSSR count). The Hall–Kier alpha value is -1.14. The van der Waals surface area contributed by atoms with Crippen molar-refractivity contribution in [2.75, 3.05) is 13.2 Å². The average molecular weight is 963 g/mol. The monoisotopic (exact) mass is 962 g/mol. The van der Waals surface area contributed by atoms with Crippen molar-refractivity contribution >= 4 is 11.9 Å². The Labute approximate surface area is 426 Å². The van der Waals surface area contributed by atoms with Crippen LogP contribution in [0.2, 0.25) is 0 Å². The summed E-state index contributed by atoms with van der Waals surface area (Å²) < 4.78 is 5.49. The van der Waals surface area contributed by atoms with E-state index < -0.39 is 12.1 Å². The minimum atomic E-state index is -0.665. The highest BCUT2D eigenvalue weighted by molar-refractivity contribution is 5.76. The normalized spacial score (nSPS) is 12.5. The van der Waals surface area contributed by atoms with Crippen molar-refractivity contribution in [3.8, 4) is 0 Å². The van der Waals surface area contributed by atoms with Gasteiger partial charge in [0.1, 0.15) is 0 Å². The van der Waals surface area contributed by atoms with Gasteiger partial charge in [-0.25, -0.2) is 0 Å². The summed E-state index contributed by atoms with van der Waals surface area (Å²) in [6, 6.07) is -0.542. The summed E-state index contributed by atoms with van der Waals surface area (Å²) in [5.74, 6) is -0.0208. The third-order valence-electron chi connectivity index (χ3n) is 14.9. The Morgan fingerprint density at radius 2 is 0.603 bits per heavy atom. The lowest BCUT2D eigenvalue weighted by Gasteiger charge is -2.22. The Bertz CT molecular complexity index is 975. The van der Waals surface area contributed by atoms with E-state index in [0.717, 1.165) is 38.5 Å². The highest BCUT2D eigenvalue weighted by atomic mass is 16.5. The van der Waals surface area contributed by atoms with Gasteiger partial charge >= 0.3 is 5.97 Å². The highest BCUT2D eigenvalue weighted by Gasteiger charge is 2.20. The van der Waals surface area contributed by atoms with Gasteiger partial charge in [-0.3, -0.25) is 9.59 Å². The van der Waals surface area contributed by atoms with E-state index in [-0.39, 0.29) is 18.5 Å². The number of hydrogen-bond donors (Lipinski definition) is 3. The number of amides is 1. The van der Waals surface area contributed by atoms with Crippen LogP contribution in [-0.4, -0.2) is 47.4 Å². The van der Waals surface area contributed by atoms with Gasteiger partial charge in [-0.1, -0.05) is 322 Å². The Balaban J connectivity index is 3.38. The molecule has 6 nitrogen and oxygen atoms in total. The summed E-state index contributed by atoms with van der Waals surface area (Å²) in [4.78, 5) is 24.6. The van der Waals surface area contributed by atoms with E-state index in [1.54, 1.807) is 0 Å². The zero-order chi connectivity index (χ0) is 49.3. The Morgan fingerprint density at radius 1 is 0.353 bits per heavy atom. The van der Waals surface area contributed by atoms with Crippen molar-refractivity contribution < 1.29 is 24.5 Å². The molecular formula is C62H123NO5. The molecule has 2 unspecified atom stereocenters. The number of carbonyl (C=O) groups excluding carboxylic acids is 2. The fourth-order valence-corrected chi connectivity index (χ4v) is 10.1. The van der Waals surface area contributed by atoms with E-state index in [9.17, 15) is 19.8 Å². The van der Waals surface area contributed by atoms with Crippen LogP contribution >= 0.6 is 0 Å². The van der Waals surface area contributed by atoms with Gasteiger partial charge in [0.2, 0.25) is 5.91 Å². The van der Waals surface area contributed by atoms with E-state index in [2.05, 4.69) is 19.2 Å². The topological polar surface area (TPSA) is 95.9 Å². The molecule has 0 spiro atoms. The number of aliphatic hydroxyl groups excluding tert-OH is 2. The maximum absolute atomic E-state index is 12.5. The zero-order valence-electron chi connectivity index (χ0n) is 46.4. The van der Waals surface area contributed by atoms with Crippen LogP contribution in [0.5, 0.6) is 0 Å². The lowest BCUT2D eigenvalue weighted by atomic mass is 10.0. The molecule has 0 saturated carbocycles. The number of aliphatic hydroxyl groups is 2. The van der Waals surface area contributed by atoms with Crippen LogP contribution in [0.4, 0.5) is 0 Å². The minimum Gasteiger partial charge on any atom is -0.466 e. The lowest BCUT2D eigenvalue weighted by Crippen LogP contribution is -2.45. The predicted molar refractivity (Wildman–Crippen MR) is 297 cm³/mol. The van der Waals surface area contributed by atoms with Gasteiger partial charge in [-0.2, -0.15) is 0 Å². The van der Waals surface area contributed by atoms with Crippen molar-refractivity contribution in [3.63, 3.8) is 0 Å². The zero-order valence-corrected chi connectivity index (χ0v) is 46.4. The standard InChI is InChI=1S/C62H123NO5/c1-3-5-7-9-11-13-15-17-19-23-27-30-34-38-42-46-50-54-60(65)59(58-64)63-61(66)55-51-47-43-39-35-31-28-24-21-20-22-25-29-33-37-41-45-49-53-57-68-62(67)56-52-48-44-40-36-32-26-18-16-14-12-10-8-6-4-2/h59-60,64-65H,3-58H2,1-2H3,(H,63,66). The fourth-order valence-electron chi connectivity index (χ4n) is 10.1. The van der Waals surface area contributed by atoms with E-state index >= 15 is 0 Å². The summed E-state index contributed by atoms with van der Waals surface area (Å²) in [6.45, 7) is 4.98. The number of esters is 1. The van der Waals surface area contributed by atoms with Crippen LogP contribution in [0.1, 0.15) is 361 Å². The number of unbranched alkanes of at least 4 members (excludes halogenated alkanes) is 48. The smallest absolute Gasteiger partial charge is 0.305 e. The van der Waals surface area contributed by atoms with E-state index in [1.807, 2.05) is 0 Å². The number of hydrogen-bond acceptors (Lipinski definition) is 5. The fraction of sp³-hybridized carbons (Fsp3) is 0.968. The minimum absolute atomic E-state index is 0.0132. The molecule has 0 aliphatic heterocycles. The number of carbonyl (C=O) groups is 2. The van der Waals surface area contributed by atoms with Gasteiger partial charge in [0, 0.05) is 12.8 Å². The third kappa shape index (κ3) is 54.2. The van der Waals surface area contributed by atoms with E-state index in [1.165, 1.54) is 289 Å². The van der Waals surface area contributed by atoms with Crippen LogP contribution in [0.15, 0.2) is 0 Å². The maximum Gasteiger partial charge on any atom is 0.305 e. The van der Waals surface area contributed by atoms with Crippen LogP contribution in [0.25, 0.3) is 0 Å². The van der Waals surface area contributed by atoms with Crippen LogP contribution in [-0.2, 0) is 14.3 Å². The molecule has 6 heteroatoms. The molecule has 0 aliphatic rings. The summed E-state index contributed by atoms with van der Waals surface area (Å²) in [5.41, 5.74) is 0. The molecule has 68 heavy (non-hydrogen) atoms. The van der Waals surface area contributed by atoms with Crippen molar-refractivity contribution in [1.82, 2.24) is 5.32 Å². The molecule has 2 atom stereocenters. The van der Waals surface area contributed by atoms with Gasteiger partial charge < -0.3 is 20.3 Å². The van der Waals surface area contributed by atoms with Crippen LogP contribution < -0.4 is 5.32 Å². The van der Waals surface area contributed by atoms with Crippen molar-refractivity contribution in [3.05, 3.63) is 0 Å². The largest absolute Gasteiger partial charge is 0.466 e. The Morgan fingerprint density at radius 3 is 0.897 bits per heavy atom. The first-order valence-corrected chi connectivity index (χ1v) is 31.3. The molecule has 0 bridgehead atoms. The number of ether oxygens (including phenoxy) is 1. The molecule has 0 aliphatic carbocycles. The molecule has 1 amide bonds. The highest BCUT2D eigenvalue weighted by Crippen LogP contribution is 2.19. The van der Waals surface area contributed by atoms with Gasteiger partial charge in [-0.05, 0) is 25.7 Å². The molecule has 0 saturated heterocycles. The van der Waals surface area contributed by atoms with Gasteiger partial charge in [0.15, 0.2) is 0 Å². The molecule has 406 valence electrons. The molecule has 3 N–H and O–H groups in total. The first kappa shape index (κ1) is 66.9. The van der Waals surface area contributed by atoms with E-state index in [4.69, 9.17) is 4.74 Å². The molecular weight excluding hydrogens is 839 g/mol. The van der Waals surface area contributed by atoms with Crippen molar-refractivity contribution in [2.24, 2.45) is 0 Å². The molecule has 0 heterocycles. The quantitative estimate of drug-likeness (QED) is 0.0417. The number of rotatable bonds is 59.